The van der Waals surface area contributed by atoms with Crippen LogP contribution in [0.4, 0.5) is 4.39 Å². The molecule has 1 aromatic carbocycles. The van der Waals surface area contributed by atoms with E-state index in [1.165, 1.54) is 6.07 Å². The summed E-state index contributed by atoms with van der Waals surface area (Å²) in [6, 6.07) is 6.43. The number of halogens is 1. The van der Waals surface area contributed by atoms with Crippen LogP contribution < -0.4 is 0 Å². The number of ketones is 1. The van der Waals surface area contributed by atoms with E-state index in [9.17, 15) is 9.18 Å². The molecule has 0 fully saturated rings. The number of carbonyl (C=O) groups is 1. The van der Waals surface area contributed by atoms with Crippen molar-refractivity contribution in [2.45, 2.75) is 19.8 Å². The number of hydrogen-bond acceptors (Lipinski definition) is 2. The lowest BCUT2D eigenvalue weighted by molar-refractivity contribution is -0.119. The molecule has 0 N–H and O–H groups in total. The van der Waals surface area contributed by atoms with E-state index in [0.717, 1.165) is 13.0 Å². The molecule has 0 radical (unpaired) electrons. The van der Waals surface area contributed by atoms with Gasteiger partial charge in [0.05, 0.1) is 6.54 Å². The Kier molecular flexibility index (Phi) is 5.12. The van der Waals surface area contributed by atoms with Gasteiger partial charge >= 0.3 is 0 Å². The number of benzene rings is 1. The van der Waals surface area contributed by atoms with Gasteiger partial charge in [-0.15, -0.1) is 0 Å². The van der Waals surface area contributed by atoms with E-state index >= 15 is 0 Å². The van der Waals surface area contributed by atoms with Crippen LogP contribution in [0.1, 0.15) is 18.9 Å². The Bertz CT molecular complexity index is 352. The van der Waals surface area contributed by atoms with Gasteiger partial charge in [0.1, 0.15) is 5.82 Å². The number of hydrogen-bond donors (Lipinski definition) is 0. The molecule has 0 saturated heterocycles. The van der Waals surface area contributed by atoms with Gasteiger partial charge in [-0.2, -0.15) is 0 Å². The zero-order valence-electron chi connectivity index (χ0n) is 9.87. The fourth-order valence-corrected chi connectivity index (χ4v) is 1.67. The fraction of sp³-hybridized carbons (Fsp3) is 0.462. The third-order valence-corrected chi connectivity index (χ3v) is 2.40. The molecule has 0 heterocycles. The molecule has 0 aromatic heterocycles. The molecule has 0 aliphatic carbocycles. The second kappa shape index (κ2) is 6.38. The zero-order valence-corrected chi connectivity index (χ0v) is 9.87. The second-order valence-corrected chi connectivity index (χ2v) is 4.04. The van der Waals surface area contributed by atoms with Gasteiger partial charge in [0.2, 0.25) is 0 Å². The maximum atomic E-state index is 13.3. The van der Waals surface area contributed by atoms with Crippen LogP contribution in [0, 0.1) is 5.82 Å². The van der Waals surface area contributed by atoms with Gasteiger partial charge in [0.15, 0.2) is 5.78 Å². The highest BCUT2D eigenvalue weighted by Gasteiger charge is 2.09. The lowest BCUT2D eigenvalue weighted by Crippen LogP contribution is -2.27. The summed E-state index contributed by atoms with van der Waals surface area (Å²) in [5, 5.41) is 0. The molecule has 0 aliphatic heterocycles. The standard InChI is InChI=1S/C13H18FNO/c1-3-8-15(2)10-12(16)9-11-6-4-5-7-13(11)14/h4-7H,3,8-10H2,1-2H3. The minimum absolute atomic E-state index is 0.0565. The minimum atomic E-state index is -0.297. The SMILES string of the molecule is CCCN(C)CC(=O)Cc1ccccc1F. The Morgan fingerprint density at radius 1 is 1.38 bits per heavy atom. The smallest absolute Gasteiger partial charge is 0.151 e. The first-order valence-corrected chi connectivity index (χ1v) is 5.57. The first-order chi connectivity index (χ1) is 7.63. The number of likely N-dealkylation sites (N-methyl/N-ethyl adjacent to an activating group) is 1. The second-order valence-electron chi connectivity index (χ2n) is 4.04. The van der Waals surface area contributed by atoms with Crippen molar-refractivity contribution in [2.75, 3.05) is 20.1 Å². The Morgan fingerprint density at radius 2 is 2.06 bits per heavy atom. The molecule has 2 nitrogen and oxygen atoms in total. The average Bonchev–Trinajstić information content (AvgIpc) is 2.21. The van der Waals surface area contributed by atoms with Crippen molar-refractivity contribution < 1.29 is 9.18 Å². The van der Waals surface area contributed by atoms with Gasteiger partial charge < -0.3 is 0 Å². The largest absolute Gasteiger partial charge is 0.299 e. The monoisotopic (exact) mass is 223 g/mol. The van der Waals surface area contributed by atoms with Crippen LogP contribution in [0.5, 0.6) is 0 Å². The fourth-order valence-electron chi connectivity index (χ4n) is 1.67. The summed E-state index contributed by atoms with van der Waals surface area (Å²) < 4.78 is 13.3. The van der Waals surface area contributed by atoms with E-state index < -0.39 is 0 Å². The van der Waals surface area contributed by atoms with E-state index in [4.69, 9.17) is 0 Å². The van der Waals surface area contributed by atoms with Crippen LogP contribution in [0.15, 0.2) is 24.3 Å². The van der Waals surface area contributed by atoms with Crippen LogP contribution in [-0.4, -0.2) is 30.8 Å². The Hall–Kier alpha value is -1.22. The van der Waals surface area contributed by atoms with Crippen molar-refractivity contribution in [3.63, 3.8) is 0 Å². The van der Waals surface area contributed by atoms with E-state index in [2.05, 4.69) is 6.92 Å². The molecule has 0 bridgehead atoms. The van der Waals surface area contributed by atoms with E-state index in [0.29, 0.717) is 12.1 Å². The van der Waals surface area contributed by atoms with Crippen LogP contribution in [0.3, 0.4) is 0 Å². The number of carbonyl (C=O) groups excluding carboxylic acids is 1. The third kappa shape index (κ3) is 4.11. The third-order valence-electron chi connectivity index (χ3n) is 2.40. The Labute approximate surface area is 96.1 Å². The molecule has 1 aromatic rings. The predicted molar refractivity (Wildman–Crippen MR) is 62.9 cm³/mol. The number of Topliss-reactive ketones (excluding diaryl/α,β-unsaturated/α-hetero) is 1. The molecule has 1 rings (SSSR count). The molecule has 0 amide bonds. The normalized spacial score (nSPS) is 10.8. The molecule has 16 heavy (non-hydrogen) atoms. The van der Waals surface area contributed by atoms with Crippen molar-refractivity contribution in [1.29, 1.82) is 0 Å². The predicted octanol–water partition coefficient (Wildman–Crippen LogP) is 2.28. The van der Waals surface area contributed by atoms with Crippen molar-refractivity contribution >= 4 is 5.78 Å². The topological polar surface area (TPSA) is 20.3 Å². The summed E-state index contributed by atoms with van der Waals surface area (Å²) in [5.41, 5.74) is 0.484. The van der Waals surface area contributed by atoms with E-state index in [-0.39, 0.29) is 18.0 Å². The quantitative estimate of drug-likeness (QED) is 0.737. The summed E-state index contributed by atoms with van der Waals surface area (Å²) >= 11 is 0. The van der Waals surface area contributed by atoms with Gasteiger partial charge in [-0.25, -0.2) is 4.39 Å². The van der Waals surface area contributed by atoms with Crippen molar-refractivity contribution in [2.24, 2.45) is 0 Å². The molecular formula is C13H18FNO. The highest BCUT2D eigenvalue weighted by atomic mass is 19.1. The molecule has 88 valence electrons. The van der Waals surface area contributed by atoms with Gasteiger partial charge in [-0.1, -0.05) is 25.1 Å². The summed E-state index contributed by atoms with van der Waals surface area (Å²) in [6.07, 6.45) is 1.20. The highest BCUT2D eigenvalue weighted by molar-refractivity contribution is 5.82. The summed E-state index contributed by atoms with van der Waals surface area (Å²) in [7, 11) is 1.91. The maximum Gasteiger partial charge on any atom is 0.151 e. The molecule has 0 saturated carbocycles. The number of nitrogens with zero attached hydrogens (tertiary/aromatic N) is 1. The molecule has 0 aliphatic rings. The van der Waals surface area contributed by atoms with Gasteiger partial charge in [-0.3, -0.25) is 9.69 Å². The van der Waals surface area contributed by atoms with Crippen molar-refractivity contribution in [1.82, 2.24) is 4.90 Å². The van der Waals surface area contributed by atoms with Gasteiger partial charge in [-0.05, 0) is 31.6 Å². The summed E-state index contributed by atoms with van der Waals surface area (Å²) in [6.45, 7) is 3.35. The average molecular weight is 223 g/mol. The van der Waals surface area contributed by atoms with Crippen LogP contribution >= 0.6 is 0 Å². The zero-order chi connectivity index (χ0) is 12.0. The van der Waals surface area contributed by atoms with Gasteiger partial charge in [0, 0.05) is 6.42 Å². The lowest BCUT2D eigenvalue weighted by atomic mass is 10.1. The Balaban J connectivity index is 2.49. The maximum absolute atomic E-state index is 13.3. The first-order valence-electron chi connectivity index (χ1n) is 5.57. The van der Waals surface area contributed by atoms with E-state index in [1.54, 1.807) is 18.2 Å². The Morgan fingerprint density at radius 3 is 2.69 bits per heavy atom. The van der Waals surface area contributed by atoms with Crippen LogP contribution in [0.25, 0.3) is 0 Å². The summed E-state index contributed by atoms with van der Waals surface area (Å²) in [5.74, 6) is -0.241. The summed E-state index contributed by atoms with van der Waals surface area (Å²) in [4.78, 5) is 13.6. The minimum Gasteiger partial charge on any atom is -0.299 e. The first kappa shape index (κ1) is 12.8. The van der Waals surface area contributed by atoms with Gasteiger partial charge in [0.25, 0.3) is 0 Å². The van der Waals surface area contributed by atoms with Crippen LogP contribution in [-0.2, 0) is 11.2 Å². The lowest BCUT2D eigenvalue weighted by Gasteiger charge is -2.14. The molecular weight excluding hydrogens is 205 g/mol. The molecule has 0 spiro atoms. The van der Waals surface area contributed by atoms with Crippen molar-refractivity contribution in [3.8, 4) is 0 Å². The highest BCUT2D eigenvalue weighted by Crippen LogP contribution is 2.07. The molecule has 0 atom stereocenters. The molecule has 0 unspecified atom stereocenters. The molecule has 3 heteroatoms. The van der Waals surface area contributed by atoms with Crippen LogP contribution in [0.2, 0.25) is 0 Å². The van der Waals surface area contributed by atoms with E-state index in [1.807, 2.05) is 11.9 Å². The van der Waals surface area contributed by atoms with Crippen molar-refractivity contribution in [3.05, 3.63) is 35.6 Å². The number of rotatable bonds is 6.